The first kappa shape index (κ1) is 35.5. The summed E-state index contributed by atoms with van der Waals surface area (Å²) < 4.78 is 41.6. The molecular formula is C36H40BrN3O6S. The molecule has 47 heavy (non-hydrogen) atoms. The molecule has 4 rings (SSSR count). The van der Waals surface area contributed by atoms with E-state index in [4.69, 9.17) is 9.47 Å². The first-order chi connectivity index (χ1) is 22.4. The number of nitrogens with one attached hydrogen (secondary N) is 1. The summed E-state index contributed by atoms with van der Waals surface area (Å²) >= 11 is 3.46. The molecule has 0 aromatic heterocycles. The summed E-state index contributed by atoms with van der Waals surface area (Å²) in [7, 11) is -1.42. The molecule has 9 nitrogen and oxygen atoms in total. The maximum atomic E-state index is 14.7. The van der Waals surface area contributed by atoms with Gasteiger partial charge in [-0.3, -0.25) is 13.9 Å². The van der Waals surface area contributed by atoms with Gasteiger partial charge in [-0.15, -0.1) is 0 Å². The lowest BCUT2D eigenvalue weighted by Crippen LogP contribution is -2.54. The van der Waals surface area contributed by atoms with E-state index in [1.165, 1.54) is 37.3 Å². The van der Waals surface area contributed by atoms with Crippen molar-refractivity contribution in [1.82, 2.24) is 10.2 Å². The predicted octanol–water partition coefficient (Wildman–Crippen LogP) is 6.13. The fourth-order valence-corrected chi connectivity index (χ4v) is 6.74. The second-order valence-corrected chi connectivity index (χ2v) is 14.2. The Labute approximate surface area is 285 Å². The molecule has 0 aliphatic rings. The molecule has 0 bridgehead atoms. The van der Waals surface area contributed by atoms with Crippen LogP contribution >= 0.6 is 15.9 Å². The highest BCUT2D eigenvalue weighted by molar-refractivity contribution is 9.10. The second-order valence-electron chi connectivity index (χ2n) is 11.4. The summed E-state index contributed by atoms with van der Waals surface area (Å²) in [6, 6.07) is 26.9. The lowest BCUT2D eigenvalue weighted by Gasteiger charge is -2.34. The van der Waals surface area contributed by atoms with E-state index in [0.29, 0.717) is 5.75 Å². The molecule has 2 amide bonds. The molecule has 4 aromatic rings. The van der Waals surface area contributed by atoms with Crippen LogP contribution in [0.4, 0.5) is 5.69 Å². The molecule has 11 heteroatoms. The van der Waals surface area contributed by atoms with Gasteiger partial charge in [0, 0.05) is 29.5 Å². The Kier molecular flexibility index (Phi) is 12.1. The maximum absolute atomic E-state index is 14.7. The van der Waals surface area contributed by atoms with Crippen molar-refractivity contribution in [3.63, 3.8) is 0 Å². The molecule has 1 atom stereocenters. The molecule has 0 spiro atoms. The van der Waals surface area contributed by atoms with Crippen molar-refractivity contribution in [3.05, 3.63) is 118 Å². The minimum atomic E-state index is -4.32. The zero-order valence-corrected chi connectivity index (χ0v) is 29.5. The predicted molar refractivity (Wildman–Crippen MR) is 187 cm³/mol. The van der Waals surface area contributed by atoms with Gasteiger partial charge in [0.2, 0.25) is 11.8 Å². The second kappa shape index (κ2) is 16.0. The van der Waals surface area contributed by atoms with E-state index in [1.807, 2.05) is 75.4 Å². The summed E-state index contributed by atoms with van der Waals surface area (Å²) in [5.74, 6) is -0.316. The molecule has 0 heterocycles. The number of aryl methyl sites for hydroxylation is 1. The average molecular weight is 723 g/mol. The third kappa shape index (κ3) is 9.14. The topological polar surface area (TPSA) is 105 Å². The average Bonchev–Trinajstić information content (AvgIpc) is 3.06. The highest BCUT2D eigenvalue weighted by atomic mass is 79.9. The monoisotopic (exact) mass is 721 g/mol. The fourth-order valence-electron chi connectivity index (χ4n) is 5.06. The molecule has 1 N–H and O–H groups in total. The number of carbonyl (C=O) groups excluding carboxylic acids is 2. The van der Waals surface area contributed by atoms with E-state index >= 15 is 0 Å². The van der Waals surface area contributed by atoms with Crippen molar-refractivity contribution >= 4 is 43.5 Å². The van der Waals surface area contributed by atoms with E-state index in [1.54, 1.807) is 24.3 Å². The molecule has 0 saturated heterocycles. The van der Waals surface area contributed by atoms with Crippen LogP contribution in [0.15, 0.2) is 106 Å². The number of ether oxygens (including phenoxy) is 2. The van der Waals surface area contributed by atoms with E-state index in [9.17, 15) is 18.0 Å². The first-order valence-corrected chi connectivity index (χ1v) is 17.4. The van der Waals surface area contributed by atoms with Crippen LogP contribution in [-0.2, 0) is 32.6 Å². The van der Waals surface area contributed by atoms with Crippen LogP contribution in [0.2, 0.25) is 0 Å². The number of benzene rings is 4. The molecule has 4 aromatic carbocycles. The third-order valence-corrected chi connectivity index (χ3v) is 9.81. The Hall–Kier alpha value is -4.35. The van der Waals surface area contributed by atoms with Crippen LogP contribution in [0.1, 0.15) is 30.5 Å². The van der Waals surface area contributed by atoms with Gasteiger partial charge in [-0.25, -0.2) is 8.42 Å². The Morgan fingerprint density at radius 1 is 0.851 bits per heavy atom. The maximum Gasteiger partial charge on any atom is 0.264 e. The Bertz CT molecular complexity index is 1770. The number of amides is 2. The van der Waals surface area contributed by atoms with Crippen LogP contribution in [0.3, 0.4) is 0 Å². The molecule has 248 valence electrons. The number of halogens is 1. The smallest absolute Gasteiger partial charge is 0.264 e. The van der Waals surface area contributed by atoms with Crippen molar-refractivity contribution < 1.29 is 27.5 Å². The summed E-state index contributed by atoms with van der Waals surface area (Å²) in [5.41, 5.74) is 2.62. The van der Waals surface area contributed by atoms with Crippen LogP contribution in [0.5, 0.6) is 11.5 Å². The van der Waals surface area contributed by atoms with Crippen molar-refractivity contribution in [1.29, 1.82) is 0 Å². The number of nitrogens with zero attached hydrogens (tertiary/aromatic N) is 2. The lowest BCUT2D eigenvalue weighted by molar-refractivity contribution is -0.140. The Morgan fingerprint density at radius 2 is 1.51 bits per heavy atom. The Morgan fingerprint density at radius 3 is 2.11 bits per heavy atom. The van der Waals surface area contributed by atoms with Gasteiger partial charge in [0.1, 0.15) is 24.1 Å². The SMILES string of the molecule is COc1ccc(OC)c(N(CC(=O)N(Cc2ccc(Br)cc2)C(Cc2ccccc2)C(=O)NC(C)C)S(=O)(=O)c2ccc(C)cc2)c1. The summed E-state index contributed by atoms with van der Waals surface area (Å²) in [6.45, 7) is 5.00. The van der Waals surface area contributed by atoms with Gasteiger partial charge in [0.05, 0.1) is 24.8 Å². The number of hydrogen-bond acceptors (Lipinski definition) is 6. The van der Waals surface area contributed by atoms with Crippen LogP contribution in [0.25, 0.3) is 0 Å². The van der Waals surface area contributed by atoms with Crippen molar-refractivity contribution in [2.45, 2.75) is 50.7 Å². The minimum Gasteiger partial charge on any atom is -0.497 e. The lowest BCUT2D eigenvalue weighted by atomic mass is 10.0. The fraction of sp³-hybridized carbons (Fsp3) is 0.278. The van der Waals surface area contributed by atoms with Gasteiger partial charge in [-0.05, 0) is 68.3 Å². The highest BCUT2D eigenvalue weighted by Gasteiger charge is 2.36. The van der Waals surface area contributed by atoms with Gasteiger partial charge in [-0.1, -0.05) is 76.1 Å². The van der Waals surface area contributed by atoms with Gasteiger partial charge < -0.3 is 19.7 Å². The normalized spacial score (nSPS) is 11.9. The number of hydrogen-bond donors (Lipinski definition) is 1. The van der Waals surface area contributed by atoms with Crippen LogP contribution in [0, 0.1) is 6.92 Å². The molecular weight excluding hydrogens is 682 g/mol. The molecule has 0 radical (unpaired) electrons. The van der Waals surface area contributed by atoms with Gasteiger partial charge in [0.25, 0.3) is 10.0 Å². The number of methoxy groups -OCH3 is 2. The zero-order valence-electron chi connectivity index (χ0n) is 27.1. The van der Waals surface area contributed by atoms with E-state index in [2.05, 4.69) is 21.2 Å². The Balaban J connectivity index is 1.86. The van der Waals surface area contributed by atoms with Crippen molar-refractivity contribution in [2.24, 2.45) is 0 Å². The largest absolute Gasteiger partial charge is 0.497 e. The standard InChI is InChI=1S/C36H40BrN3O6S/c1-25(2)38-36(42)33(21-27-9-7-6-8-10-27)39(23-28-13-15-29(37)16-14-28)35(41)24-40(32-22-30(45-4)17-20-34(32)46-5)47(43,44)31-18-11-26(3)12-19-31/h6-20,22,25,33H,21,23-24H2,1-5H3,(H,38,42). The summed E-state index contributed by atoms with van der Waals surface area (Å²) in [6.07, 6.45) is 0.217. The minimum absolute atomic E-state index is 0.00128. The first-order valence-electron chi connectivity index (χ1n) is 15.1. The van der Waals surface area contributed by atoms with Crippen molar-refractivity contribution in [2.75, 3.05) is 25.1 Å². The number of anilines is 1. The van der Waals surface area contributed by atoms with Gasteiger partial charge >= 0.3 is 0 Å². The zero-order chi connectivity index (χ0) is 34.1. The number of sulfonamides is 1. The van der Waals surface area contributed by atoms with E-state index in [0.717, 1.165) is 25.5 Å². The molecule has 0 aliphatic carbocycles. The van der Waals surface area contributed by atoms with Gasteiger partial charge in [0.15, 0.2) is 0 Å². The summed E-state index contributed by atoms with van der Waals surface area (Å²) in [5, 5.41) is 2.96. The number of carbonyl (C=O) groups is 2. The molecule has 0 fully saturated rings. The number of rotatable bonds is 14. The molecule has 0 aliphatic heterocycles. The van der Waals surface area contributed by atoms with Gasteiger partial charge in [-0.2, -0.15) is 0 Å². The van der Waals surface area contributed by atoms with Crippen LogP contribution in [-0.4, -0.2) is 58.0 Å². The van der Waals surface area contributed by atoms with E-state index in [-0.39, 0.29) is 41.2 Å². The molecule has 1 unspecified atom stereocenters. The highest BCUT2D eigenvalue weighted by Crippen LogP contribution is 2.36. The summed E-state index contributed by atoms with van der Waals surface area (Å²) in [4.78, 5) is 30.0. The third-order valence-electron chi connectivity index (χ3n) is 7.51. The molecule has 0 saturated carbocycles. The quantitative estimate of drug-likeness (QED) is 0.168. The van der Waals surface area contributed by atoms with E-state index < -0.39 is 28.5 Å². The van der Waals surface area contributed by atoms with Crippen LogP contribution < -0.4 is 19.1 Å². The van der Waals surface area contributed by atoms with Crippen molar-refractivity contribution in [3.8, 4) is 11.5 Å².